The van der Waals surface area contributed by atoms with E-state index in [1.165, 1.54) is 12.4 Å². The first kappa shape index (κ1) is 11.0. The molecule has 0 radical (unpaired) electrons. The Balaban J connectivity index is 2.12. The lowest BCUT2D eigenvalue weighted by Crippen LogP contribution is -2.32. The zero-order valence-electron chi connectivity index (χ0n) is 8.62. The number of amides is 1. The highest BCUT2D eigenvalue weighted by molar-refractivity contribution is 7.90. The van der Waals surface area contributed by atoms with Crippen molar-refractivity contribution in [1.29, 1.82) is 0 Å². The first-order valence-electron chi connectivity index (χ1n) is 4.83. The number of aromatic nitrogens is 2. The van der Waals surface area contributed by atoms with Gasteiger partial charge >= 0.3 is 0 Å². The molecule has 6 nitrogen and oxygen atoms in total. The molecule has 1 heterocycles. The first-order chi connectivity index (χ1) is 7.50. The van der Waals surface area contributed by atoms with Gasteiger partial charge in [-0.25, -0.2) is 9.71 Å². The summed E-state index contributed by atoms with van der Waals surface area (Å²) in [7, 11) is -3.86. The zero-order chi connectivity index (χ0) is 11.8. The molecule has 0 saturated heterocycles. The minimum absolute atomic E-state index is 0.188. The molecule has 0 aromatic carbocycles. The van der Waals surface area contributed by atoms with Crippen LogP contribution in [0.2, 0.25) is 0 Å². The maximum Gasteiger partial charge on any atom is 0.283 e. The number of carbonyl (C=O) groups is 1. The number of hydrogen-bond acceptors (Lipinski definition) is 5. The lowest BCUT2D eigenvalue weighted by Gasteiger charge is -2.04. The average Bonchev–Trinajstić information content (AvgIpc) is 2.96. The maximum absolute atomic E-state index is 11.6. The van der Waals surface area contributed by atoms with E-state index in [9.17, 15) is 13.2 Å². The van der Waals surface area contributed by atoms with E-state index < -0.39 is 15.9 Å². The molecule has 1 aromatic heterocycles. The van der Waals surface area contributed by atoms with Gasteiger partial charge < -0.3 is 0 Å². The summed E-state index contributed by atoms with van der Waals surface area (Å²) in [6, 6.07) is 0. The minimum Gasteiger partial charge on any atom is -0.274 e. The summed E-state index contributed by atoms with van der Waals surface area (Å²) in [5, 5.41) is -0.239. The van der Waals surface area contributed by atoms with Gasteiger partial charge in [0.1, 0.15) is 0 Å². The molecule has 7 heteroatoms. The van der Waals surface area contributed by atoms with Gasteiger partial charge in [-0.05, 0) is 12.3 Å². The molecule has 16 heavy (non-hydrogen) atoms. The van der Waals surface area contributed by atoms with Crippen molar-refractivity contribution in [3.8, 4) is 0 Å². The third-order valence-corrected chi connectivity index (χ3v) is 3.73. The van der Waals surface area contributed by atoms with E-state index in [2.05, 4.69) is 9.97 Å². The highest BCUT2D eigenvalue weighted by Gasteiger charge is 2.40. The van der Waals surface area contributed by atoms with Crippen LogP contribution in [0.4, 0.5) is 0 Å². The third kappa shape index (κ3) is 2.19. The molecule has 1 aromatic rings. The quantitative estimate of drug-likeness (QED) is 0.800. The Kier molecular flexibility index (Phi) is 2.63. The standard InChI is InChI=1S/C9H11N3O3S/c1-6-4-7(6)9(13)12-16(14,15)8-5-10-2-3-11-8/h2-3,5-7H,4H2,1H3,(H,12,13)/t6-,7-/m1/s1. The molecule has 0 aliphatic heterocycles. The second-order valence-electron chi connectivity index (χ2n) is 3.83. The van der Waals surface area contributed by atoms with Gasteiger partial charge in [-0.3, -0.25) is 9.78 Å². The summed E-state index contributed by atoms with van der Waals surface area (Å²) in [5.41, 5.74) is 0. The lowest BCUT2D eigenvalue weighted by molar-refractivity contribution is -0.120. The Bertz CT molecular complexity index is 500. The lowest BCUT2D eigenvalue weighted by atomic mass is 10.3. The van der Waals surface area contributed by atoms with Gasteiger partial charge in [-0.15, -0.1) is 0 Å². The Morgan fingerprint density at radius 2 is 2.19 bits per heavy atom. The van der Waals surface area contributed by atoms with E-state index in [1.54, 1.807) is 0 Å². The number of rotatable bonds is 3. The molecule has 1 aliphatic rings. The van der Waals surface area contributed by atoms with E-state index in [1.807, 2.05) is 11.6 Å². The first-order valence-corrected chi connectivity index (χ1v) is 6.31. The van der Waals surface area contributed by atoms with E-state index >= 15 is 0 Å². The van der Waals surface area contributed by atoms with Crippen LogP contribution >= 0.6 is 0 Å². The summed E-state index contributed by atoms with van der Waals surface area (Å²) in [4.78, 5) is 18.7. The number of hydrogen-bond donors (Lipinski definition) is 1. The van der Waals surface area contributed by atoms with Crippen LogP contribution in [0.5, 0.6) is 0 Å². The normalized spacial score (nSPS) is 23.8. The fourth-order valence-corrected chi connectivity index (χ4v) is 2.29. The summed E-state index contributed by atoms with van der Waals surface area (Å²) < 4.78 is 25.3. The highest BCUT2D eigenvalue weighted by Crippen LogP contribution is 2.37. The summed E-state index contributed by atoms with van der Waals surface area (Å²) in [5.74, 6) is -0.387. The summed E-state index contributed by atoms with van der Waals surface area (Å²) >= 11 is 0. The maximum atomic E-state index is 11.6. The Hall–Kier alpha value is -1.50. The van der Waals surface area contributed by atoms with Gasteiger partial charge in [0.2, 0.25) is 5.91 Å². The van der Waals surface area contributed by atoms with Crippen LogP contribution in [0.1, 0.15) is 13.3 Å². The van der Waals surface area contributed by atoms with Crippen molar-refractivity contribution in [2.24, 2.45) is 11.8 Å². The molecular formula is C9H11N3O3S. The minimum atomic E-state index is -3.86. The number of sulfonamides is 1. The largest absolute Gasteiger partial charge is 0.283 e. The molecule has 2 atom stereocenters. The van der Waals surface area contributed by atoms with Gasteiger partial charge in [0.25, 0.3) is 10.0 Å². The van der Waals surface area contributed by atoms with Crippen LogP contribution in [-0.4, -0.2) is 24.3 Å². The Morgan fingerprint density at radius 1 is 1.50 bits per heavy atom. The van der Waals surface area contributed by atoms with Crippen LogP contribution in [0.15, 0.2) is 23.6 Å². The Labute approximate surface area is 93.2 Å². The Morgan fingerprint density at radius 3 is 2.69 bits per heavy atom. The molecule has 1 aliphatic carbocycles. The van der Waals surface area contributed by atoms with Gasteiger partial charge in [-0.1, -0.05) is 6.92 Å². The molecule has 2 rings (SSSR count). The second kappa shape index (κ2) is 3.82. The van der Waals surface area contributed by atoms with Crippen LogP contribution in [0.25, 0.3) is 0 Å². The molecule has 1 amide bonds. The van der Waals surface area contributed by atoms with Gasteiger partial charge in [0.15, 0.2) is 5.03 Å². The number of carbonyl (C=O) groups excluding carboxylic acids is 1. The van der Waals surface area contributed by atoms with Crippen LogP contribution < -0.4 is 4.72 Å². The number of nitrogens with zero attached hydrogens (tertiary/aromatic N) is 2. The molecule has 1 fully saturated rings. The van der Waals surface area contributed by atoms with Crippen LogP contribution in [0, 0.1) is 11.8 Å². The van der Waals surface area contributed by atoms with Crippen molar-refractivity contribution in [3.05, 3.63) is 18.6 Å². The van der Waals surface area contributed by atoms with E-state index in [0.717, 1.165) is 12.6 Å². The fraction of sp³-hybridized carbons (Fsp3) is 0.444. The van der Waals surface area contributed by atoms with Gasteiger partial charge in [-0.2, -0.15) is 8.42 Å². The van der Waals surface area contributed by atoms with Crippen molar-refractivity contribution >= 4 is 15.9 Å². The fourth-order valence-electron chi connectivity index (χ4n) is 1.37. The van der Waals surface area contributed by atoms with Gasteiger partial charge in [0.05, 0.1) is 6.20 Å². The van der Waals surface area contributed by atoms with Crippen molar-refractivity contribution in [1.82, 2.24) is 14.7 Å². The topological polar surface area (TPSA) is 89.0 Å². The predicted octanol–water partition coefficient (Wildman–Crippen LogP) is -0.0625. The molecule has 1 saturated carbocycles. The van der Waals surface area contributed by atoms with Crippen molar-refractivity contribution in [2.75, 3.05) is 0 Å². The predicted molar refractivity (Wildman–Crippen MR) is 54.6 cm³/mol. The van der Waals surface area contributed by atoms with Crippen LogP contribution in [0.3, 0.4) is 0 Å². The van der Waals surface area contributed by atoms with Crippen molar-refractivity contribution < 1.29 is 13.2 Å². The second-order valence-corrected chi connectivity index (χ2v) is 5.46. The highest BCUT2D eigenvalue weighted by atomic mass is 32.2. The SMILES string of the molecule is C[C@@H]1C[C@H]1C(=O)NS(=O)(=O)c1cnccn1. The van der Waals surface area contributed by atoms with E-state index in [4.69, 9.17) is 0 Å². The molecule has 86 valence electrons. The van der Waals surface area contributed by atoms with Crippen molar-refractivity contribution in [3.63, 3.8) is 0 Å². The molecule has 0 bridgehead atoms. The van der Waals surface area contributed by atoms with Gasteiger partial charge in [0, 0.05) is 18.3 Å². The van der Waals surface area contributed by atoms with Crippen molar-refractivity contribution in [2.45, 2.75) is 18.4 Å². The van der Waals surface area contributed by atoms with E-state index in [0.29, 0.717) is 0 Å². The zero-order valence-corrected chi connectivity index (χ0v) is 9.44. The molecular weight excluding hydrogens is 230 g/mol. The molecule has 1 N–H and O–H groups in total. The third-order valence-electron chi connectivity index (χ3n) is 2.50. The average molecular weight is 241 g/mol. The smallest absolute Gasteiger partial charge is 0.274 e. The molecule has 0 spiro atoms. The monoisotopic (exact) mass is 241 g/mol. The molecule has 0 unspecified atom stereocenters. The van der Waals surface area contributed by atoms with Crippen LogP contribution in [-0.2, 0) is 14.8 Å². The summed E-state index contributed by atoms with van der Waals surface area (Å²) in [6.07, 6.45) is 4.47. The van der Waals surface area contributed by atoms with E-state index in [-0.39, 0.29) is 16.9 Å². The number of nitrogens with one attached hydrogen (secondary N) is 1. The summed E-state index contributed by atoms with van der Waals surface area (Å²) in [6.45, 7) is 1.90.